The van der Waals surface area contributed by atoms with Gasteiger partial charge in [-0.05, 0) is 64.1 Å². The number of piperidine rings is 2. The fourth-order valence-corrected chi connectivity index (χ4v) is 4.10. The molecule has 0 aliphatic carbocycles. The van der Waals surface area contributed by atoms with Crippen LogP contribution in [0.3, 0.4) is 0 Å². The Kier molecular flexibility index (Phi) is 6.72. The van der Waals surface area contributed by atoms with E-state index in [1.54, 1.807) is 0 Å². The summed E-state index contributed by atoms with van der Waals surface area (Å²) in [6.07, 6.45) is 3.92. The predicted molar refractivity (Wildman–Crippen MR) is 108 cm³/mol. The minimum atomic E-state index is -0.186. The summed E-state index contributed by atoms with van der Waals surface area (Å²) in [5.74, 6) is 0.778. The molecule has 3 amide bonds. The lowest BCUT2D eigenvalue weighted by Gasteiger charge is -2.37. The average Bonchev–Trinajstić information content (AvgIpc) is 2.68. The van der Waals surface area contributed by atoms with E-state index < -0.39 is 0 Å². The van der Waals surface area contributed by atoms with Crippen molar-refractivity contribution in [2.75, 3.05) is 31.5 Å². The Morgan fingerprint density at radius 3 is 2.74 bits per heavy atom. The van der Waals surface area contributed by atoms with E-state index in [0.717, 1.165) is 56.6 Å². The van der Waals surface area contributed by atoms with Crippen LogP contribution in [0.15, 0.2) is 24.3 Å². The molecule has 1 aromatic carbocycles. The predicted octanol–water partition coefficient (Wildman–Crippen LogP) is 2.74. The topological polar surface area (TPSA) is 73.5 Å². The molecule has 0 saturated carbocycles. The normalized spacial score (nSPS) is 25.7. The van der Waals surface area contributed by atoms with Crippen LogP contribution in [-0.2, 0) is 4.79 Å². The molecule has 3 N–H and O–H groups in total. The standard InChI is InChI=1S/C21H32N4O2/c1-15-5-7-19(8-6-15)24-21(27)23-13-17-4-3-11-25(14-17)20(26)18-9-10-22-16(2)12-18/h5-8,16-18,22H,3-4,9-14H2,1-2H3,(H2,23,24,27)/t16-,17?,18-/m0/s1. The highest BCUT2D eigenvalue weighted by Gasteiger charge is 2.31. The first-order chi connectivity index (χ1) is 13.0. The molecule has 0 aromatic heterocycles. The second-order valence-electron chi connectivity index (χ2n) is 8.07. The number of hydrogen-bond donors (Lipinski definition) is 3. The van der Waals surface area contributed by atoms with Gasteiger partial charge in [-0.25, -0.2) is 4.79 Å². The number of likely N-dealkylation sites (tertiary alicyclic amines) is 1. The van der Waals surface area contributed by atoms with E-state index in [1.807, 2.05) is 36.1 Å². The Hall–Kier alpha value is -2.08. The van der Waals surface area contributed by atoms with E-state index >= 15 is 0 Å². The van der Waals surface area contributed by atoms with Gasteiger partial charge in [-0.3, -0.25) is 4.79 Å². The second-order valence-corrected chi connectivity index (χ2v) is 8.07. The molecule has 1 aromatic rings. The number of aryl methyl sites for hydroxylation is 1. The fourth-order valence-electron chi connectivity index (χ4n) is 4.10. The maximum absolute atomic E-state index is 12.8. The summed E-state index contributed by atoms with van der Waals surface area (Å²) in [4.78, 5) is 27.0. The van der Waals surface area contributed by atoms with Gasteiger partial charge in [0.2, 0.25) is 5.91 Å². The molecule has 2 aliphatic rings. The van der Waals surface area contributed by atoms with E-state index in [2.05, 4.69) is 22.9 Å². The van der Waals surface area contributed by atoms with Gasteiger partial charge in [0.25, 0.3) is 0 Å². The van der Waals surface area contributed by atoms with E-state index in [4.69, 9.17) is 0 Å². The SMILES string of the molecule is Cc1ccc(NC(=O)NCC2CCCN(C(=O)[C@H]3CCN[C@@H](C)C3)C2)cc1. The van der Waals surface area contributed by atoms with E-state index in [9.17, 15) is 9.59 Å². The van der Waals surface area contributed by atoms with Gasteiger partial charge in [0.1, 0.15) is 0 Å². The van der Waals surface area contributed by atoms with Crippen molar-refractivity contribution in [3.8, 4) is 0 Å². The summed E-state index contributed by atoms with van der Waals surface area (Å²) in [5, 5.41) is 9.23. The number of carbonyl (C=O) groups excluding carboxylic acids is 2. The van der Waals surface area contributed by atoms with Crippen LogP contribution < -0.4 is 16.0 Å². The van der Waals surface area contributed by atoms with Crippen LogP contribution in [0.4, 0.5) is 10.5 Å². The zero-order chi connectivity index (χ0) is 19.2. The van der Waals surface area contributed by atoms with E-state index in [1.165, 1.54) is 0 Å². The zero-order valence-corrected chi connectivity index (χ0v) is 16.5. The van der Waals surface area contributed by atoms with Crippen LogP contribution in [0.5, 0.6) is 0 Å². The number of nitrogens with zero attached hydrogens (tertiary/aromatic N) is 1. The van der Waals surface area contributed by atoms with Gasteiger partial charge >= 0.3 is 6.03 Å². The molecule has 6 heteroatoms. The highest BCUT2D eigenvalue weighted by molar-refractivity contribution is 5.89. The van der Waals surface area contributed by atoms with Gasteiger partial charge in [-0.15, -0.1) is 0 Å². The van der Waals surface area contributed by atoms with Crippen molar-refractivity contribution >= 4 is 17.6 Å². The third-order valence-electron chi connectivity index (χ3n) is 5.66. The quantitative estimate of drug-likeness (QED) is 0.761. The molecular formula is C21H32N4O2. The molecule has 2 saturated heterocycles. The Bertz CT molecular complexity index is 646. The summed E-state index contributed by atoms with van der Waals surface area (Å²) in [7, 11) is 0. The monoisotopic (exact) mass is 372 g/mol. The van der Waals surface area contributed by atoms with Crippen LogP contribution in [0.1, 0.15) is 38.2 Å². The average molecular weight is 373 g/mol. The summed E-state index contributed by atoms with van der Waals surface area (Å²) in [6, 6.07) is 7.98. The zero-order valence-electron chi connectivity index (χ0n) is 16.5. The van der Waals surface area contributed by atoms with Gasteiger partial charge in [-0.2, -0.15) is 0 Å². The van der Waals surface area contributed by atoms with Gasteiger partial charge < -0.3 is 20.9 Å². The number of carbonyl (C=O) groups is 2. The Morgan fingerprint density at radius 1 is 1.22 bits per heavy atom. The van der Waals surface area contributed by atoms with Gasteiger partial charge in [0.05, 0.1) is 0 Å². The summed E-state index contributed by atoms with van der Waals surface area (Å²) >= 11 is 0. The lowest BCUT2D eigenvalue weighted by Crippen LogP contribution is -2.49. The molecule has 0 bridgehead atoms. The van der Waals surface area contributed by atoms with Crippen LogP contribution in [0.2, 0.25) is 0 Å². The molecule has 0 radical (unpaired) electrons. The van der Waals surface area contributed by atoms with Crippen molar-refractivity contribution in [3.05, 3.63) is 29.8 Å². The third-order valence-corrected chi connectivity index (χ3v) is 5.66. The Morgan fingerprint density at radius 2 is 2.00 bits per heavy atom. The molecule has 3 atom stereocenters. The van der Waals surface area contributed by atoms with Crippen LogP contribution >= 0.6 is 0 Å². The maximum Gasteiger partial charge on any atom is 0.319 e. The van der Waals surface area contributed by atoms with Crippen molar-refractivity contribution < 1.29 is 9.59 Å². The van der Waals surface area contributed by atoms with Gasteiger partial charge in [0.15, 0.2) is 0 Å². The number of rotatable bonds is 4. The number of nitrogens with one attached hydrogen (secondary N) is 3. The lowest BCUT2D eigenvalue weighted by molar-refractivity contribution is -0.138. The fraction of sp³-hybridized carbons (Fsp3) is 0.619. The molecule has 3 rings (SSSR count). The van der Waals surface area contributed by atoms with Crippen molar-refractivity contribution in [1.82, 2.24) is 15.5 Å². The highest BCUT2D eigenvalue weighted by Crippen LogP contribution is 2.23. The lowest BCUT2D eigenvalue weighted by atomic mass is 9.90. The molecule has 2 aliphatic heterocycles. The Balaban J connectivity index is 1.44. The minimum absolute atomic E-state index is 0.151. The molecule has 6 nitrogen and oxygen atoms in total. The third kappa shape index (κ3) is 5.70. The van der Waals surface area contributed by atoms with E-state index in [0.29, 0.717) is 24.4 Å². The number of amides is 3. The molecule has 2 fully saturated rings. The first kappa shape index (κ1) is 19.7. The van der Waals surface area contributed by atoms with Crippen molar-refractivity contribution in [1.29, 1.82) is 0 Å². The van der Waals surface area contributed by atoms with Crippen molar-refractivity contribution in [3.63, 3.8) is 0 Å². The second kappa shape index (κ2) is 9.22. The van der Waals surface area contributed by atoms with Gasteiger partial charge in [0, 0.05) is 37.3 Å². The first-order valence-corrected chi connectivity index (χ1v) is 10.1. The largest absolute Gasteiger partial charge is 0.342 e. The van der Waals surface area contributed by atoms with Crippen molar-refractivity contribution in [2.24, 2.45) is 11.8 Å². The maximum atomic E-state index is 12.8. The Labute approximate surface area is 162 Å². The van der Waals surface area contributed by atoms with Crippen LogP contribution in [0.25, 0.3) is 0 Å². The smallest absolute Gasteiger partial charge is 0.319 e. The summed E-state index contributed by atoms with van der Waals surface area (Å²) < 4.78 is 0. The van der Waals surface area contributed by atoms with Gasteiger partial charge in [-0.1, -0.05) is 17.7 Å². The molecule has 2 heterocycles. The van der Waals surface area contributed by atoms with E-state index in [-0.39, 0.29) is 11.9 Å². The molecule has 148 valence electrons. The number of hydrogen-bond acceptors (Lipinski definition) is 3. The summed E-state index contributed by atoms with van der Waals surface area (Å²) in [6.45, 7) is 7.30. The number of anilines is 1. The number of urea groups is 1. The molecule has 0 spiro atoms. The number of benzene rings is 1. The molecular weight excluding hydrogens is 340 g/mol. The minimum Gasteiger partial charge on any atom is -0.342 e. The van der Waals surface area contributed by atoms with Crippen molar-refractivity contribution in [2.45, 2.75) is 45.6 Å². The summed E-state index contributed by atoms with van der Waals surface area (Å²) in [5.41, 5.74) is 1.95. The highest BCUT2D eigenvalue weighted by atomic mass is 16.2. The molecule has 27 heavy (non-hydrogen) atoms. The molecule has 1 unspecified atom stereocenters. The van der Waals surface area contributed by atoms with Crippen LogP contribution in [0, 0.1) is 18.8 Å². The van der Waals surface area contributed by atoms with Crippen LogP contribution in [-0.4, -0.2) is 49.1 Å². The first-order valence-electron chi connectivity index (χ1n) is 10.1.